The van der Waals surface area contributed by atoms with Crippen LogP contribution in [0.1, 0.15) is 22.8 Å². The second-order valence-corrected chi connectivity index (χ2v) is 4.92. The first-order chi connectivity index (χ1) is 11.6. The molecule has 0 heterocycles. The monoisotopic (exact) mass is 328 g/mol. The maximum atomic E-state index is 12.5. The fraction of sp³-hybridized carbons (Fsp3) is 0.211. The molecule has 0 amide bonds. The van der Waals surface area contributed by atoms with Gasteiger partial charge in [-0.3, -0.25) is 4.79 Å². The summed E-state index contributed by atoms with van der Waals surface area (Å²) < 4.78 is 15.6. The number of aromatic hydroxyl groups is 1. The maximum absolute atomic E-state index is 12.5. The van der Waals surface area contributed by atoms with Crippen molar-refractivity contribution in [2.45, 2.75) is 6.92 Å². The molecule has 0 saturated carbocycles. The summed E-state index contributed by atoms with van der Waals surface area (Å²) in [5.41, 5.74) is 0.956. The summed E-state index contributed by atoms with van der Waals surface area (Å²) in [5, 5.41) is 10.1. The van der Waals surface area contributed by atoms with Crippen molar-refractivity contribution in [2.75, 3.05) is 20.8 Å². The molecule has 2 aromatic rings. The molecule has 0 bridgehead atoms. The van der Waals surface area contributed by atoms with Crippen LogP contribution in [0.2, 0.25) is 0 Å². The summed E-state index contributed by atoms with van der Waals surface area (Å²) in [6.07, 6.45) is 3.06. The number of benzene rings is 2. The van der Waals surface area contributed by atoms with Crippen LogP contribution in [0.4, 0.5) is 0 Å². The number of hydrogen-bond donors (Lipinski definition) is 1. The predicted octanol–water partition coefficient (Wildman–Crippen LogP) is 3.70. The second kappa shape index (κ2) is 8.06. The molecule has 0 saturated heterocycles. The predicted molar refractivity (Wildman–Crippen MR) is 92.2 cm³/mol. The smallest absolute Gasteiger partial charge is 0.193 e. The van der Waals surface area contributed by atoms with Gasteiger partial charge in [0, 0.05) is 12.1 Å². The quantitative estimate of drug-likeness (QED) is 0.620. The third kappa shape index (κ3) is 4.07. The first kappa shape index (κ1) is 17.4. The number of allylic oxidation sites excluding steroid dienone is 1. The van der Waals surface area contributed by atoms with Crippen molar-refractivity contribution in [3.05, 3.63) is 53.6 Å². The Labute approximate surface area is 141 Å². The van der Waals surface area contributed by atoms with E-state index >= 15 is 0 Å². The summed E-state index contributed by atoms with van der Waals surface area (Å²) in [7, 11) is 3.08. The van der Waals surface area contributed by atoms with Crippen molar-refractivity contribution in [3.8, 4) is 23.0 Å². The zero-order chi connectivity index (χ0) is 17.5. The van der Waals surface area contributed by atoms with Crippen LogP contribution in [-0.4, -0.2) is 31.7 Å². The van der Waals surface area contributed by atoms with Gasteiger partial charge in [-0.15, -0.1) is 0 Å². The first-order valence-corrected chi connectivity index (χ1v) is 7.49. The van der Waals surface area contributed by atoms with Crippen LogP contribution < -0.4 is 14.2 Å². The van der Waals surface area contributed by atoms with Gasteiger partial charge in [-0.25, -0.2) is 0 Å². The van der Waals surface area contributed by atoms with Gasteiger partial charge >= 0.3 is 0 Å². The fourth-order valence-corrected chi connectivity index (χ4v) is 2.18. The van der Waals surface area contributed by atoms with Gasteiger partial charge < -0.3 is 19.3 Å². The second-order valence-electron chi connectivity index (χ2n) is 4.92. The molecule has 0 spiro atoms. The lowest BCUT2D eigenvalue weighted by Gasteiger charge is -2.12. The maximum Gasteiger partial charge on any atom is 0.193 e. The Morgan fingerprint density at radius 1 is 1.08 bits per heavy atom. The Morgan fingerprint density at radius 2 is 1.75 bits per heavy atom. The van der Waals surface area contributed by atoms with E-state index in [4.69, 9.17) is 14.2 Å². The summed E-state index contributed by atoms with van der Waals surface area (Å²) in [4.78, 5) is 12.5. The molecule has 126 valence electrons. The van der Waals surface area contributed by atoms with Crippen molar-refractivity contribution < 1.29 is 24.1 Å². The third-order valence-electron chi connectivity index (χ3n) is 3.38. The van der Waals surface area contributed by atoms with Gasteiger partial charge in [-0.2, -0.15) is 0 Å². The van der Waals surface area contributed by atoms with Crippen LogP contribution in [0, 0.1) is 0 Å². The average Bonchev–Trinajstić information content (AvgIpc) is 2.60. The molecule has 0 aliphatic heterocycles. The number of methoxy groups -OCH3 is 2. The number of phenolic OH excluding ortho intramolecular Hbond substituents is 1. The molecule has 0 unspecified atom stereocenters. The van der Waals surface area contributed by atoms with Crippen LogP contribution in [0.5, 0.6) is 23.0 Å². The summed E-state index contributed by atoms with van der Waals surface area (Å²) in [6.45, 7) is 2.17. The SMILES string of the molecule is CCOc1cc(OC)cc(O)c1C(=O)/C=C/c1ccc(OC)cc1. The summed E-state index contributed by atoms with van der Waals surface area (Å²) in [5.74, 6) is 0.923. The number of hydrogen-bond acceptors (Lipinski definition) is 5. The molecule has 24 heavy (non-hydrogen) atoms. The average molecular weight is 328 g/mol. The van der Waals surface area contributed by atoms with E-state index < -0.39 is 0 Å². The van der Waals surface area contributed by atoms with Crippen LogP contribution >= 0.6 is 0 Å². The molecule has 0 aromatic heterocycles. The molecule has 5 heteroatoms. The molecule has 5 nitrogen and oxygen atoms in total. The molecule has 1 N–H and O–H groups in total. The molecule has 0 atom stereocenters. The summed E-state index contributed by atoms with van der Waals surface area (Å²) >= 11 is 0. The zero-order valence-electron chi connectivity index (χ0n) is 13.9. The van der Waals surface area contributed by atoms with Gasteiger partial charge in [0.1, 0.15) is 28.6 Å². The highest BCUT2D eigenvalue weighted by Gasteiger charge is 2.17. The van der Waals surface area contributed by atoms with Crippen molar-refractivity contribution in [2.24, 2.45) is 0 Å². The van der Waals surface area contributed by atoms with Gasteiger partial charge in [0.05, 0.1) is 20.8 Å². The normalized spacial score (nSPS) is 10.6. The lowest BCUT2D eigenvalue weighted by Crippen LogP contribution is -2.03. The Balaban J connectivity index is 2.29. The molecule has 0 radical (unpaired) electrons. The minimum Gasteiger partial charge on any atom is -0.507 e. The van der Waals surface area contributed by atoms with E-state index in [0.717, 1.165) is 11.3 Å². The number of phenols is 1. The Hall–Kier alpha value is -2.95. The third-order valence-corrected chi connectivity index (χ3v) is 3.38. The fourth-order valence-electron chi connectivity index (χ4n) is 2.18. The topological polar surface area (TPSA) is 65.0 Å². The highest BCUT2D eigenvalue weighted by molar-refractivity contribution is 6.10. The van der Waals surface area contributed by atoms with Crippen LogP contribution in [-0.2, 0) is 0 Å². The van der Waals surface area contributed by atoms with Crippen LogP contribution in [0.15, 0.2) is 42.5 Å². The van der Waals surface area contributed by atoms with Crippen LogP contribution in [0.25, 0.3) is 6.08 Å². The molecule has 0 aliphatic carbocycles. The van der Waals surface area contributed by atoms with E-state index in [-0.39, 0.29) is 17.1 Å². The lowest BCUT2D eigenvalue weighted by molar-refractivity contribution is 0.104. The molecular formula is C19H20O5. The van der Waals surface area contributed by atoms with E-state index in [9.17, 15) is 9.90 Å². The highest BCUT2D eigenvalue weighted by atomic mass is 16.5. The molecule has 0 aliphatic rings. The van der Waals surface area contributed by atoms with Crippen LogP contribution in [0.3, 0.4) is 0 Å². The summed E-state index contributed by atoms with van der Waals surface area (Å²) in [6, 6.07) is 10.2. The molecule has 2 aromatic carbocycles. The van der Waals surface area contributed by atoms with Gasteiger partial charge in [0.2, 0.25) is 0 Å². The minimum absolute atomic E-state index is 0.113. The molecule has 0 fully saturated rings. The van der Waals surface area contributed by atoms with Crippen molar-refractivity contribution in [1.29, 1.82) is 0 Å². The Bertz CT molecular complexity index is 732. The van der Waals surface area contributed by atoms with E-state index in [0.29, 0.717) is 18.1 Å². The van der Waals surface area contributed by atoms with E-state index in [1.807, 2.05) is 12.1 Å². The van der Waals surface area contributed by atoms with Crippen molar-refractivity contribution in [3.63, 3.8) is 0 Å². The first-order valence-electron chi connectivity index (χ1n) is 7.49. The number of carbonyl (C=O) groups is 1. The number of ketones is 1. The van der Waals surface area contributed by atoms with Crippen molar-refractivity contribution >= 4 is 11.9 Å². The largest absolute Gasteiger partial charge is 0.507 e. The highest BCUT2D eigenvalue weighted by Crippen LogP contribution is 2.34. The van der Waals surface area contributed by atoms with Gasteiger partial charge in [0.25, 0.3) is 0 Å². The van der Waals surface area contributed by atoms with E-state index in [2.05, 4.69) is 0 Å². The van der Waals surface area contributed by atoms with Gasteiger partial charge in [0.15, 0.2) is 5.78 Å². The zero-order valence-corrected chi connectivity index (χ0v) is 13.9. The lowest BCUT2D eigenvalue weighted by atomic mass is 10.1. The number of rotatable bonds is 7. The Morgan fingerprint density at radius 3 is 2.33 bits per heavy atom. The molecular weight excluding hydrogens is 308 g/mol. The standard InChI is InChI=1S/C19H20O5/c1-4-24-18-12-15(23-3)11-17(21)19(18)16(20)10-7-13-5-8-14(22-2)9-6-13/h5-12,21H,4H2,1-3H3/b10-7+. The molecule has 2 rings (SSSR count). The van der Waals surface area contributed by atoms with E-state index in [1.165, 1.54) is 19.3 Å². The Kier molecular flexibility index (Phi) is 5.84. The minimum atomic E-state index is -0.352. The van der Waals surface area contributed by atoms with Crippen molar-refractivity contribution in [1.82, 2.24) is 0 Å². The number of carbonyl (C=O) groups excluding carboxylic acids is 1. The van der Waals surface area contributed by atoms with E-state index in [1.54, 1.807) is 38.3 Å². The van der Waals surface area contributed by atoms with Gasteiger partial charge in [-0.05, 0) is 30.7 Å². The van der Waals surface area contributed by atoms with Gasteiger partial charge in [-0.1, -0.05) is 18.2 Å². The number of ether oxygens (including phenoxy) is 3.